The van der Waals surface area contributed by atoms with E-state index in [4.69, 9.17) is 0 Å². The topological polar surface area (TPSA) is 69.7 Å². The summed E-state index contributed by atoms with van der Waals surface area (Å²) in [5.41, 5.74) is 1.14. The Kier molecular flexibility index (Phi) is 11.2. The minimum atomic E-state index is -3.55. The third-order valence-corrected chi connectivity index (χ3v) is 8.53. The van der Waals surface area contributed by atoms with Gasteiger partial charge in [0, 0.05) is 32.6 Å². The molecule has 1 aliphatic rings. The fraction of sp³-hybridized carbons (Fsp3) is 0.500. The van der Waals surface area contributed by atoms with Gasteiger partial charge in [0.2, 0.25) is 10.0 Å². The Bertz CT molecular complexity index is 989. The zero-order valence-corrected chi connectivity index (χ0v) is 22.0. The van der Waals surface area contributed by atoms with Crippen LogP contribution in [-0.4, -0.2) is 62.8 Å². The summed E-state index contributed by atoms with van der Waals surface area (Å²) in [5, 5.41) is 3.54. The quantitative estimate of drug-likeness (QED) is 0.495. The second-order valence-electron chi connectivity index (χ2n) is 8.94. The third-order valence-electron chi connectivity index (χ3n) is 6.69. The van der Waals surface area contributed by atoms with Crippen LogP contribution in [-0.2, 0) is 14.8 Å². The maximum Gasteiger partial charge on any atom is 0.242 e. The molecule has 3 atom stereocenters. The molecule has 8 heteroatoms. The number of Topliss-reactive ketones (excluding diaryl/α,β-unsaturated/α-hetero) is 1. The Morgan fingerprint density at radius 1 is 1.12 bits per heavy atom. The van der Waals surface area contributed by atoms with Crippen LogP contribution in [0, 0.1) is 5.92 Å². The van der Waals surface area contributed by atoms with Gasteiger partial charge in [0.15, 0.2) is 0 Å². The van der Waals surface area contributed by atoms with Crippen molar-refractivity contribution in [1.29, 1.82) is 0 Å². The highest BCUT2D eigenvalue weighted by Gasteiger charge is 2.31. The number of rotatable bonds is 11. The summed E-state index contributed by atoms with van der Waals surface area (Å²) in [5.74, 6) is 0.465. The van der Waals surface area contributed by atoms with Gasteiger partial charge in [-0.05, 0) is 56.3 Å². The molecule has 0 aliphatic carbocycles. The minimum absolute atomic E-state index is 0. The van der Waals surface area contributed by atoms with Gasteiger partial charge in [-0.2, -0.15) is 0 Å². The summed E-state index contributed by atoms with van der Waals surface area (Å²) in [6.45, 7) is 6.77. The zero-order chi connectivity index (χ0) is 23.8. The number of halogens is 1. The number of likely N-dealkylation sites (tertiary alicyclic amines) is 1. The number of ketones is 1. The predicted molar refractivity (Wildman–Crippen MR) is 140 cm³/mol. The molecule has 6 nitrogen and oxygen atoms in total. The largest absolute Gasteiger partial charge is 0.302 e. The first-order valence-electron chi connectivity index (χ1n) is 11.9. The Balaban J connectivity index is 0.00000408. The summed E-state index contributed by atoms with van der Waals surface area (Å²) in [4.78, 5) is 14.7. The van der Waals surface area contributed by atoms with Crippen molar-refractivity contribution in [2.45, 2.75) is 50.1 Å². The molecule has 0 radical (unpaired) electrons. The van der Waals surface area contributed by atoms with Crippen LogP contribution >= 0.6 is 12.4 Å². The summed E-state index contributed by atoms with van der Waals surface area (Å²) in [7, 11) is -1.89. The Hall–Kier alpha value is -1.77. The Morgan fingerprint density at radius 3 is 2.32 bits per heavy atom. The van der Waals surface area contributed by atoms with E-state index in [-0.39, 0.29) is 36.2 Å². The van der Waals surface area contributed by atoms with Gasteiger partial charge in [0.1, 0.15) is 5.78 Å². The number of nitrogens with one attached hydrogen (secondary N) is 1. The molecule has 34 heavy (non-hydrogen) atoms. The fourth-order valence-electron chi connectivity index (χ4n) is 4.69. The highest BCUT2D eigenvalue weighted by Crippen LogP contribution is 2.27. The lowest BCUT2D eigenvalue weighted by molar-refractivity contribution is -0.123. The number of benzene rings is 2. The standard InChI is InChI=1S/C26H37N3O3S.ClH/c1-4-27-26-19-23(21(2)30)15-17-29(26)18-16-24(22-11-7-5-8-12-22)20-28(3)33(31,32)25-13-9-6-10-14-25;/h5-14,23-24,26-27H,4,15-20H2,1-3H3;1H. The highest BCUT2D eigenvalue weighted by molar-refractivity contribution is 7.89. The Morgan fingerprint density at radius 2 is 1.74 bits per heavy atom. The number of carbonyl (C=O) groups excluding carboxylic acids is 1. The van der Waals surface area contributed by atoms with E-state index in [2.05, 4.69) is 29.3 Å². The molecule has 3 rings (SSSR count). The molecule has 2 aromatic rings. The number of carbonyl (C=O) groups is 1. The van der Waals surface area contributed by atoms with Crippen LogP contribution in [0.15, 0.2) is 65.6 Å². The van der Waals surface area contributed by atoms with E-state index in [9.17, 15) is 13.2 Å². The first-order chi connectivity index (χ1) is 15.8. The van der Waals surface area contributed by atoms with Crippen molar-refractivity contribution < 1.29 is 13.2 Å². The number of hydrogen-bond acceptors (Lipinski definition) is 5. The van der Waals surface area contributed by atoms with Gasteiger partial charge in [-0.1, -0.05) is 55.5 Å². The summed E-state index contributed by atoms with van der Waals surface area (Å²) in [6.07, 6.45) is 2.74. The molecule has 3 unspecified atom stereocenters. The fourth-order valence-corrected chi connectivity index (χ4v) is 5.93. The van der Waals surface area contributed by atoms with Crippen molar-refractivity contribution in [2.24, 2.45) is 5.92 Å². The molecular weight excluding hydrogens is 470 g/mol. The molecule has 0 bridgehead atoms. The summed E-state index contributed by atoms with van der Waals surface area (Å²) in [6, 6.07) is 18.8. The van der Waals surface area contributed by atoms with E-state index >= 15 is 0 Å². The maximum absolute atomic E-state index is 13.1. The van der Waals surface area contributed by atoms with Crippen molar-refractivity contribution in [3.05, 3.63) is 66.2 Å². The van der Waals surface area contributed by atoms with Crippen molar-refractivity contribution in [3.8, 4) is 0 Å². The molecule has 1 aliphatic heterocycles. The Labute approximate surface area is 211 Å². The molecule has 2 aromatic carbocycles. The van der Waals surface area contributed by atoms with E-state index in [1.165, 1.54) is 4.31 Å². The lowest BCUT2D eigenvalue weighted by Crippen LogP contribution is -2.52. The average Bonchev–Trinajstić information content (AvgIpc) is 2.83. The molecule has 0 amide bonds. The third kappa shape index (κ3) is 7.36. The molecule has 188 valence electrons. The molecule has 1 heterocycles. The van der Waals surface area contributed by atoms with Crippen molar-refractivity contribution in [3.63, 3.8) is 0 Å². The molecule has 1 fully saturated rings. The predicted octanol–water partition coefficient (Wildman–Crippen LogP) is 4.14. The normalized spacial score (nSPS) is 20.0. The highest BCUT2D eigenvalue weighted by atomic mass is 35.5. The van der Waals surface area contributed by atoms with E-state index in [0.29, 0.717) is 11.4 Å². The van der Waals surface area contributed by atoms with Gasteiger partial charge in [0.25, 0.3) is 0 Å². The van der Waals surface area contributed by atoms with Crippen LogP contribution in [0.25, 0.3) is 0 Å². The van der Waals surface area contributed by atoms with Gasteiger partial charge in [-0.25, -0.2) is 12.7 Å². The van der Waals surface area contributed by atoms with Crippen LogP contribution < -0.4 is 5.32 Å². The van der Waals surface area contributed by atoms with E-state index in [1.54, 1.807) is 38.2 Å². The van der Waals surface area contributed by atoms with Crippen LogP contribution in [0.5, 0.6) is 0 Å². The van der Waals surface area contributed by atoms with Crippen molar-refractivity contribution in [1.82, 2.24) is 14.5 Å². The van der Waals surface area contributed by atoms with E-state index in [1.807, 2.05) is 24.3 Å². The smallest absolute Gasteiger partial charge is 0.242 e. The lowest BCUT2D eigenvalue weighted by atomic mass is 9.90. The van der Waals surface area contributed by atoms with Gasteiger partial charge < -0.3 is 5.32 Å². The lowest BCUT2D eigenvalue weighted by Gasteiger charge is -2.40. The first-order valence-corrected chi connectivity index (χ1v) is 13.3. The molecule has 0 aromatic heterocycles. The maximum atomic E-state index is 13.1. The second-order valence-corrected chi connectivity index (χ2v) is 11.0. The van der Waals surface area contributed by atoms with Crippen molar-refractivity contribution in [2.75, 3.05) is 33.2 Å². The average molecular weight is 508 g/mol. The zero-order valence-electron chi connectivity index (χ0n) is 20.4. The van der Waals surface area contributed by atoms with Gasteiger partial charge in [-0.15, -0.1) is 12.4 Å². The number of piperidine rings is 1. The SMILES string of the molecule is CCNC1CC(C(C)=O)CCN1CCC(CN(C)S(=O)(=O)c1ccccc1)c1ccccc1.Cl. The van der Waals surface area contributed by atoms with E-state index < -0.39 is 10.0 Å². The first kappa shape index (κ1) is 28.5. The van der Waals surface area contributed by atoms with E-state index in [0.717, 1.165) is 44.5 Å². The van der Waals surface area contributed by atoms with Crippen LogP contribution in [0.2, 0.25) is 0 Å². The summed E-state index contributed by atoms with van der Waals surface area (Å²) >= 11 is 0. The summed E-state index contributed by atoms with van der Waals surface area (Å²) < 4.78 is 27.7. The number of likely N-dealkylation sites (N-methyl/N-ethyl adjacent to an activating group) is 1. The molecule has 1 N–H and O–H groups in total. The molecular formula is C26H38ClN3O3S. The van der Waals surface area contributed by atoms with Crippen LogP contribution in [0.3, 0.4) is 0 Å². The molecule has 0 spiro atoms. The van der Waals surface area contributed by atoms with Crippen LogP contribution in [0.4, 0.5) is 0 Å². The second kappa shape index (κ2) is 13.4. The van der Waals surface area contributed by atoms with Crippen molar-refractivity contribution >= 4 is 28.2 Å². The molecule has 1 saturated heterocycles. The van der Waals surface area contributed by atoms with Gasteiger partial charge >= 0.3 is 0 Å². The van der Waals surface area contributed by atoms with Gasteiger partial charge in [-0.3, -0.25) is 9.69 Å². The van der Waals surface area contributed by atoms with Crippen LogP contribution in [0.1, 0.15) is 44.6 Å². The number of sulfonamides is 1. The van der Waals surface area contributed by atoms with Gasteiger partial charge in [0.05, 0.1) is 11.1 Å². The number of hydrogen-bond donors (Lipinski definition) is 1. The molecule has 0 saturated carbocycles. The number of nitrogens with zero attached hydrogens (tertiary/aromatic N) is 2. The monoisotopic (exact) mass is 507 g/mol. The minimum Gasteiger partial charge on any atom is -0.302 e.